The number of carbonyl (C=O) groups excluding carboxylic acids is 1. The van der Waals surface area contributed by atoms with Gasteiger partial charge in [-0.1, -0.05) is 0 Å². The average molecular weight is 409 g/mol. The molecule has 9 nitrogen and oxygen atoms in total. The number of aromatic nitrogens is 3. The van der Waals surface area contributed by atoms with E-state index in [2.05, 4.69) is 25.6 Å². The quantitative estimate of drug-likeness (QED) is 0.483. The summed E-state index contributed by atoms with van der Waals surface area (Å²) in [5, 5.41) is 15.6. The van der Waals surface area contributed by atoms with Crippen molar-refractivity contribution < 1.29 is 19.4 Å². The van der Waals surface area contributed by atoms with Gasteiger partial charge < -0.3 is 25.2 Å². The highest BCUT2D eigenvalue weighted by molar-refractivity contribution is 5.91. The summed E-state index contributed by atoms with van der Waals surface area (Å²) < 4.78 is 10.2. The Kier molecular flexibility index (Phi) is 6.76. The smallest absolute Gasteiger partial charge is 0.337 e. The van der Waals surface area contributed by atoms with E-state index in [0.29, 0.717) is 34.5 Å². The van der Waals surface area contributed by atoms with Gasteiger partial charge in [-0.25, -0.2) is 9.78 Å². The molecule has 1 aromatic carbocycles. The van der Waals surface area contributed by atoms with Gasteiger partial charge in [-0.05, 0) is 37.3 Å². The second-order valence-electron chi connectivity index (χ2n) is 6.46. The molecule has 2 heterocycles. The molecule has 0 bridgehead atoms. The Morgan fingerprint density at radius 3 is 2.70 bits per heavy atom. The first-order valence-corrected chi connectivity index (χ1v) is 9.24. The lowest BCUT2D eigenvalue weighted by Gasteiger charge is -2.16. The van der Waals surface area contributed by atoms with Gasteiger partial charge in [0.2, 0.25) is 5.95 Å². The molecular weight excluding hydrogens is 386 g/mol. The van der Waals surface area contributed by atoms with Gasteiger partial charge >= 0.3 is 5.97 Å². The van der Waals surface area contributed by atoms with Crippen molar-refractivity contribution in [1.82, 2.24) is 15.0 Å². The van der Waals surface area contributed by atoms with Crippen molar-refractivity contribution in [1.29, 1.82) is 0 Å². The second kappa shape index (κ2) is 9.66. The fourth-order valence-electron chi connectivity index (χ4n) is 2.69. The van der Waals surface area contributed by atoms with Gasteiger partial charge in [-0.15, -0.1) is 0 Å². The number of pyridine rings is 1. The topological polar surface area (TPSA) is 118 Å². The molecule has 1 atom stereocenters. The van der Waals surface area contributed by atoms with Crippen LogP contribution in [0.1, 0.15) is 17.3 Å². The first kappa shape index (κ1) is 21.0. The maximum atomic E-state index is 11.9. The molecule has 0 spiro atoms. The summed E-state index contributed by atoms with van der Waals surface area (Å²) in [5.41, 5.74) is 2.35. The fraction of sp³-hybridized carbons (Fsp3) is 0.238. The predicted octanol–water partition coefficient (Wildman–Crippen LogP) is 2.87. The standard InChI is InChI=1S/C21H23N5O4/c1-13(12-27)23-21-25-16(15-5-4-8-22-11-15)10-19(26-21)24-17-9-14(20(28)30-3)6-7-18(17)29-2/h4-11,13,27H,12H2,1-3H3,(H2,23,24,25,26)/t13-/m1/s1. The van der Waals surface area contributed by atoms with E-state index < -0.39 is 5.97 Å². The highest BCUT2D eigenvalue weighted by Gasteiger charge is 2.14. The molecule has 30 heavy (non-hydrogen) atoms. The molecule has 0 amide bonds. The summed E-state index contributed by atoms with van der Waals surface area (Å²) >= 11 is 0. The number of aliphatic hydroxyl groups excluding tert-OH is 1. The molecule has 9 heteroatoms. The largest absolute Gasteiger partial charge is 0.495 e. The maximum absolute atomic E-state index is 11.9. The third-order valence-electron chi connectivity index (χ3n) is 4.22. The predicted molar refractivity (Wildman–Crippen MR) is 113 cm³/mol. The van der Waals surface area contributed by atoms with Gasteiger partial charge in [0, 0.05) is 30.1 Å². The van der Waals surface area contributed by atoms with Crippen LogP contribution in [-0.4, -0.2) is 52.9 Å². The van der Waals surface area contributed by atoms with E-state index in [1.54, 1.807) is 36.7 Å². The minimum absolute atomic E-state index is 0.0712. The van der Waals surface area contributed by atoms with Gasteiger partial charge in [-0.2, -0.15) is 4.98 Å². The van der Waals surface area contributed by atoms with Gasteiger partial charge in [0.1, 0.15) is 11.6 Å². The van der Waals surface area contributed by atoms with Crippen molar-refractivity contribution in [2.24, 2.45) is 0 Å². The Morgan fingerprint density at radius 2 is 2.03 bits per heavy atom. The second-order valence-corrected chi connectivity index (χ2v) is 6.46. The average Bonchev–Trinajstić information content (AvgIpc) is 2.78. The van der Waals surface area contributed by atoms with Crippen LogP contribution in [0.5, 0.6) is 5.75 Å². The van der Waals surface area contributed by atoms with E-state index in [-0.39, 0.29) is 12.6 Å². The number of methoxy groups -OCH3 is 2. The van der Waals surface area contributed by atoms with Gasteiger partial charge in [0.05, 0.1) is 37.8 Å². The van der Waals surface area contributed by atoms with E-state index in [1.165, 1.54) is 14.2 Å². The first-order valence-electron chi connectivity index (χ1n) is 9.24. The van der Waals surface area contributed by atoms with Crippen LogP contribution in [0.3, 0.4) is 0 Å². The maximum Gasteiger partial charge on any atom is 0.337 e. The van der Waals surface area contributed by atoms with Gasteiger partial charge in [-0.3, -0.25) is 4.98 Å². The van der Waals surface area contributed by atoms with E-state index in [1.807, 2.05) is 19.1 Å². The number of ether oxygens (including phenoxy) is 2. The zero-order valence-corrected chi connectivity index (χ0v) is 16.9. The minimum Gasteiger partial charge on any atom is -0.495 e. The number of anilines is 3. The number of esters is 1. The number of rotatable bonds is 8. The summed E-state index contributed by atoms with van der Waals surface area (Å²) in [6, 6.07) is 10.1. The molecular formula is C21H23N5O4. The molecule has 0 saturated heterocycles. The Morgan fingerprint density at radius 1 is 1.20 bits per heavy atom. The summed E-state index contributed by atoms with van der Waals surface area (Å²) in [7, 11) is 2.86. The molecule has 0 saturated carbocycles. The van der Waals surface area contributed by atoms with Crippen LogP contribution in [0.15, 0.2) is 48.8 Å². The number of aliphatic hydroxyl groups is 1. The lowest BCUT2D eigenvalue weighted by Crippen LogP contribution is -2.21. The van der Waals surface area contributed by atoms with E-state index in [4.69, 9.17) is 9.47 Å². The molecule has 0 aliphatic heterocycles. The number of carbonyl (C=O) groups is 1. The molecule has 0 fully saturated rings. The summed E-state index contributed by atoms with van der Waals surface area (Å²) in [4.78, 5) is 25.0. The molecule has 0 radical (unpaired) electrons. The Labute approximate surface area is 174 Å². The molecule has 0 aliphatic carbocycles. The number of hydrogen-bond acceptors (Lipinski definition) is 9. The van der Waals surface area contributed by atoms with E-state index in [0.717, 1.165) is 5.56 Å². The summed E-state index contributed by atoms with van der Waals surface area (Å²) in [6.07, 6.45) is 3.38. The number of nitrogens with zero attached hydrogens (tertiary/aromatic N) is 3. The summed E-state index contributed by atoms with van der Waals surface area (Å²) in [6.45, 7) is 1.74. The van der Waals surface area contributed by atoms with Gasteiger partial charge in [0.15, 0.2) is 0 Å². The van der Waals surface area contributed by atoms with Crippen molar-refractivity contribution in [3.8, 4) is 17.0 Å². The van der Waals surface area contributed by atoms with Crippen molar-refractivity contribution in [2.45, 2.75) is 13.0 Å². The Hall–Kier alpha value is -3.72. The molecule has 0 aliphatic rings. The Balaban J connectivity index is 2.02. The third-order valence-corrected chi connectivity index (χ3v) is 4.22. The fourth-order valence-corrected chi connectivity index (χ4v) is 2.69. The van der Waals surface area contributed by atoms with Crippen LogP contribution in [0.2, 0.25) is 0 Å². The molecule has 3 N–H and O–H groups in total. The highest BCUT2D eigenvalue weighted by Crippen LogP contribution is 2.30. The van der Waals surface area contributed by atoms with Crippen molar-refractivity contribution in [3.05, 3.63) is 54.4 Å². The highest BCUT2D eigenvalue weighted by atomic mass is 16.5. The lowest BCUT2D eigenvalue weighted by atomic mass is 10.1. The minimum atomic E-state index is -0.460. The zero-order valence-electron chi connectivity index (χ0n) is 16.9. The zero-order chi connectivity index (χ0) is 21.5. The van der Waals surface area contributed by atoms with Crippen LogP contribution >= 0.6 is 0 Å². The number of hydrogen-bond donors (Lipinski definition) is 3. The van der Waals surface area contributed by atoms with Crippen LogP contribution in [0.25, 0.3) is 11.3 Å². The number of benzene rings is 1. The SMILES string of the molecule is COC(=O)c1ccc(OC)c(Nc2cc(-c3cccnc3)nc(N[C@H](C)CO)n2)c1. The van der Waals surface area contributed by atoms with Crippen LogP contribution < -0.4 is 15.4 Å². The molecule has 2 aromatic heterocycles. The summed E-state index contributed by atoms with van der Waals surface area (Å²) in [5.74, 6) is 0.876. The molecule has 0 unspecified atom stereocenters. The monoisotopic (exact) mass is 409 g/mol. The van der Waals surface area contributed by atoms with Crippen molar-refractivity contribution in [3.63, 3.8) is 0 Å². The molecule has 3 aromatic rings. The van der Waals surface area contributed by atoms with E-state index in [9.17, 15) is 9.90 Å². The lowest BCUT2D eigenvalue weighted by molar-refractivity contribution is 0.0600. The van der Waals surface area contributed by atoms with Crippen LogP contribution in [0.4, 0.5) is 17.5 Å². The van der Waals surface area contributed by atoms with Crippen LogP contribution in [0, 0.1) is 0 Å². The van der Waals surface area contributed by atoms with Crippen LogP contribution in [-0.2, 0) is 4.74 Å². The molecule has 3 rings (SSSR count). The molecule has 156 valence electrons. The first-order chi connectivity index (χ1) is 14.5. The Bertz CT molecular complexity index is 1010. The number of nitrogens with one attached hydrogen (secondary N) is 2. The van der Waals surface area contributed by atoms with Crippen molar-refractivity contribution >= 4 is 23.4 Å². The third kappa shape index (κ3) is 5.00. The normalized spacial score (nSPS) is 11.5. The van der Waals surface area contributed by atoms with Crippen molar-refractivity contribution in [2.75, 3.05) is 31.5 Å². The van der Waals surface area contributed by atoms with E-state index >= 15 is 0 Å². The van der Waals surface area contributed by atoms with Gasteiger partial charge in [0.25, 0.3) is 0 Å².